The quantitative estimate of drug-likeness (QED) is 0.888. The summed E-state index contributed by atoms with van der Waals surface area (Å²) in [6.07, 6.45) is 5.63. The molecule has 2 heterocycles. The number of aromatic nitrogens is 1. The molecule has 1 aliphatic rings. The molecule has 6 nitrogen and oxygen atoms in total. The Morgan fingerprint density at radius 1 is 1.42 bits per heavy atom. The van der Waals surface area contributed by atoms with Crippen molar-refractivity contribution in [1.82, 2.24) is 9.88 Å². The topological polar surface area (TPSA) is 75.4 Å². The predicted octanol–water partition coefficient (Wildman–Crippen LogP) is 3.39. The minimum atomic E-state index is -0.320. The highest BCUT2D eigenvalue weighted by molar-refractivity contribution is 5.92. The van der Waals surface area contributed by atoms with Gasteiger partial charge in [0.25, 0.3) is 5.91 Å². The normalized spacial score (nSPS) is 17.2. The van der Waals surface area contributed by atoms with E-state index in [4.69, 9.17) is 4.42 Å². The summed E-state index contributed by atoms with van der Waals surface area (Å²) in [6, 6.07) is 4.29. The summed E-state index contributed by atoms with van der Waals surface area (Å²) in [6.45, 7) is 3.06. The van der Waals surface area contributed by atoms with Crippen LogP contribution in [0.3, 0.4) is 0 Å². The van der Waals surface area contributed by atoms with Crippen LogP contribution in [0.2, 0.25) is 0 Å². The Morgan fingerprint density at radius 2 is 2.27 bits per heavy atom. The molecule has 1 N–H and O–H groups in total. The Hall–Kier alpha value is -2.70. The SMILES string of the molecule is Cc1cc(F)ccc1NC(=O)CCC1CCCN(C(=O)c2cnco2)C1. The van der Waals surface area contributed by atoms with Crippen molar-refractivity contribution in [2.24, 2.45) is 5.92 Å². The van der Waals surface area contributed by atoms with Gasteiger partial charge in [0.05, 0.1) is 6.20 Å². The fourth-order valence-corrected chi connectivity index (χ4v) is 3.28. The molecule has 0 aliphatic carbocycles. The summed E-state index contributed by atoms with van der Waals surface area (Å²) in [5.74, 6) is -0.0536. The molecule has 1 aromatic carbocycles. The van der Waals surface area contributed by atoms with Crippen molar-refractivity contribution >= 4 is 17.5 Å². The number of nitrogens with one attached hydrogen (secondary N) is 1. The van der Waals surface area contributed by atoms with Gasteiger partial charge in [-0.05, 0) is 55.9 Å². The number of rotatable bonds is 5. The number of aryl methyl sites for hydroxylation is 1. The van der Waals surface area contributed by atoms with E-state index in [2.05, 4.69) is 10.3 Å². The minimum Gasteiger partial charge on any atom is -0.438 e. The molecule has 0 bridgehead atoms. The molecular weight excluding hydrogens is 337 g/mol. The second-order valence-corrected chi connectivity index (χ2v) is 6.67. The van der Waals surface area contributed by atoms with Gasteiger partial charge in [0, 0.05) is 25.2 Å². The van der Waals surface area contributed by atoms with Crippen LogP contribution >= 0.6 is 0 Å². The van der Waals surface area contributed by atoms with Gasteiger partial charge in [-0.25, -0.2) is 9.37 Å². The van der Waals surface area contributed by atoms with Gasteiger partial charge in [0.2, 0.25) is 11.7 Å². The second kappa shape index (κ2) is 8.12. The summed E-state index contributed by atoms with van der Waals surface area (Å²) in [4.78, 5) is 30.1. The monoisotopic (exact) mass is 359 g/mol. The molecule has 3 rings (SSSR count). The third-order valence-electron chi connectivity index (χ3n) is 4.69. The number of likely N-dealkylation sites (tertiary alicyclic amines) is 1. The van der Waals surface area contributed by atoms with Crippen molar-refractivity contribution in [1.29, 1.82) is 0 Å². The Morgan fingerprint density at radius 3 is 3.00 bits per heavy atom. The molecular formula is C19H22FN3O3. The standard InChI is InChI=1S/C19H22FN3O3/c1-13-9-15(20)5-6-16(13)22-18(24)7-4-14-3-2-8-23(11-14)19(25)17-10-21-12-26-17/h5-6,9-10,12,14H,2-4,7-8,11H2,1H3,(H,22,24). The van der Waals surface area contributed by atoms with Gasteiger partial charge in [-0.15, -0.1) is 0 Å². The number of carbonyl (C=O) groups excluding carboxylic acids is 2. The average Bonchev–Trinajstić information content (AvgIpc) is 3.17. The van der Waals surface area contributed by atoms with Crippen LogP contribution in [0.1, 0.15) is 41.8 Å². The Bertz CT molecular complexity index is 776. The lowest BCUT2D eigenvalue weighted by Crippen LogP contribution is -2.40. The molecule has 1 unspecified atom stereocenters. The fourth-order valence-electron chi connectivity index (χ4n) is 3.28. The molecule has 1 saturated heterocycles. The number of anilines is 1. The van der Waals surface area contributed by atoms with E-state index in [-0.39, 0.29) is 29.3 Å². The number of benzene rings is 1. The second-order valence-electron chi connectivity index (χ2n) is 6.67. The average molecular weight is 359 g/mol. The Labute approximate surface area is 151 Å². The molecule has 0 spiro atoms. The maximum absolute atomic E-state index is 13.1. The molecule has 26 heavy (non-hydrogen) atoms. The highest BCUT2D eigenvalue weighted by atomic mass is 19.1. The van der Waals surface area contributed by atoms with Gasteiger partial charge < -0.3 is 14.6 Å². The van der Waals surface area contributed by atoms with Crippen molar-refractivity contribution < 1.29 is 18.4 Å². The Kier molecular flexibility index (Phi) is 5.65. The van der Waals surface area contributed by atoms with E-state index in [0.29, 0.717) is 37.2 Å². The maximum atomic E-state index is 13.1. The smallest absolute Gasteiger partial charge is 0.291 e. The summed E-state index contributed by atoms with van der Waals surface area (Å²) in [5.41, 5.74) is 1.32. The van der Waals surface area contributed by atoms with E-state index < -0.39 is 0 Å². The molecule has 2 amide bonds. The maximum Gasteiger partial charge on any atom is 0.291 e. The predicted molar refractivity (Wildman–Crippen MR) is 94.1 cm³/mol. The molecule has 1 aromatic heterocycles. The van der Waals surface area contributed by atoms with Gasteiger partial charge in [-0.3, -0.25) is 9.59 Å². The lowest BCUT2D eigenvalue weighted by atomic mass is 9.93. The summed E-state index contributed by atoms with van der Waals surface area (Å²) in [7, 11) is 0. The van der Waals surface area contributed by atoms with Crippen LogP contribution < -0.4 is 5.32 Å². The first-order valence-corrected chi connectivity index (χ1v) is 8.76. The summed E-state index contributed by atoms with van der Waals surface area (Å²) in [5, 5.41) is 2.82. The molecule has 0 saturated carbocycles. The van der Waals surface area contributed by atoms with Crippen molar-refractivity contribution in [3.8, 4) is 0 Å². The van der Waals surface area contributed by atoms with Crippen molar-refractivity contribution in [2.45, 2.75) is 32.6 Å². The lowest BCUT2D eigenvalue weighted by molar-refractivity contribution is -0.116. The van der Waals surface area contributed by atoms with E-state index in [1.807, 2.05) is 0 Å². The van der Waals surface area contributed by atoms with Crippen LogP contribution in [0.25, 0.3) is 0 Å². The number of oxazole rings is 1. The van der Waals surface area contributed by atoms with Gasteiger partial charge >= 0.3 is 0 Å². The molecule has 1 aliphatic heterocycles. The minimum absolute atomic E-state index is 0.0987. The number of piperidine rings is 1. The number of hydrogen-bond donors (Lipinski definition) is 1. The third-order valence-corrected chi connectivity index (χ3v) is 4.69. The first kappa shape index (κ1) is 18.1. The van der Waals surface area contributed by atoms with E-state index >= 15 is 0 Å². The Balaban J connectivity index is 1.49. The number of carbonyl (C=O) groups is 2. The van der Waals surface area contributed by atoms with Crippen molar-refractivity contribution in [3.05, 3.63) is 47.9 Å². The molecule has 7 heteroatoms. The first-order chi connectivity index (χ1) is 12.5. The molecule has 1 fully saturated rings. The third kappa shape index (κ3) is 4.47. The van der Waals surface area contributed by atoms with Gasteiger partial charge in [-0.2, -0.15) is 0 Å². The zero-order valence-corrected chi connectivity index (χ0v) is 14.7. The van der Waals surface area contributed by atoms with Crippen LogP contribution in [0.5, 0.6) is 0 Å². The highest BCUT2D eigenvalue weighted by Crippen LogP contribution is 2.23. The van der Waals surface area contributed by atoms with Gasteiger partial charge in [0.1, 0.15) is 5.82 Å². The fraction of sp³-hybridized carbons (Fsp3) is 0.421. The zero-order valence-electron chi connectivity index (χ0n) is 14.7. The molecule has 0 radical (unpaired) electrons. The van der Waals surface area contributed by atoms with E-state index in [0.717, 1.165) is 12.8 Å². The molecule has 1 atom stereocenters. The van der Waals surface area contributed by atoms with Gasteiger partial charge in [0.15, 0.2) is 6.39 Å². The lowest BCUT2D eigenvalue weighted by Gasteiger charge is -2.32. The molecule has 2 aromatic rings. The van der Waals surface area contributed by atoms with Gasteiger partial charge in [-0.1, -0.05) is 0 Å². The van der Waals surface area contributed by atoms with Crippen molar-refractivity contribution in [3.63, 3.8) is 0 Å². The largest absolute Gasteiger partial charge is 0.438 e. The number of halogens is 1. The van der Waals surface area contributed by atoms with Crippen LogP contribution in [-0.2, 0) is 4.79 Å². The molecule has 138 valence electrons. The summed E-state index contributed by atoms with van der Waals surface area (Å²) >= 11 is 0. The van der Waals surface area contributed by atoms with E-state index in [9.17, 15) is 14.0 Å². The highest BCUT2D eigenvalue weighted by Gasteiger charge is 2.26. The summed E-state index contributed by atoms with van der Waals surface area (Å²) < 4.78 is 18.2. The number of amides is 2. The van der Waals surface area contributed by atoms with E-state index in [1.165, 1.54) is 24.7 Å². The van der Waals surface area contributed by atoms with Crippen molar-refractivity contribution in [2.75, 3.05) is 18.4 Å². The number of nitrogens with zero attached hydrogens (tertiary/aromatic N) is 2. The number of hydrogen-bond acceptors (Lipinski definition) is 4. The van der Waals surface area contributed by atoms with E-state index in [1.54, 1.807) is 17.9 Å². The van der Waals surface area contributed by atoms with Crippen LogP contribution in [0.4, 0.5) is 10.1 Å². The van der Waals surface area contributed by atoms with Crippen LogP contribution in [0.15, 0.2) is 35.2 Å². The van der Waals surface area contributed by atoms with Crippen LogP contribution in [0, 0.1) is 18.7 Å². The van der Waals surface area contributed by atoms with Crippen LogP contribution in [-0.4, -0.2) is 34.8 Å². The zero-order chi connectivity index (χ0) is 18.5. The first-order valence-electron chi connectivity index (χ1n) is 8.76.